The molecule has 0 aromatic heterocycles. The summed E-state index contributed by atoms with van der Waals surface area (Å²) in [5.41, 5.74) is 0. The Hall–Kier alpha value is -1.56. The van der Waals surface area contributed by atoms with Crippen molar-refractivity contribution < 1.29 is 19.1 Å². The van der Waals surface area contributed by atoms with Crippen molar-refractivity contribution in [3.63, 3.8) is 0 Å². The van der Waals surface area contributed by atoms with Gasteiger partial charge in [0.05, 0.1) is 0 Å². The van der Waals surface area contributed by atoms with Crippen LogP contribution in [0.3, 0.4) is 0 Å². The zero-order chi connectivity index (χ0) is 15.7. The summed E-state index contributed by atoms with van der Waals surface area (Å²) in [7, 11) is 0. The topological polar surface area (TPSA) is 64.6 Å². The largest absolute Gasteiger partial charge is 0.482 e. The molecule has 1 rings (SSSR count). The first-order valence-electron chi connectivity index (χ1n) is 6.88. The fourth-order valence-electron chi connectivity index (χ4n) is 1.65. The second kappa shape index (κ2) is 9.39. The van der Waals surface area contributed by atoms with Crippen molar-refractivity contribution in [2.24, 2.45) is 0 Å². The van der Waals surface area contributed by atoms with E-state index in [0.717, 1.165) is 17.3 Å². The average molecular weight is 358 g/mol. The van der Waals surface area contributed by atoms with Gasteiger partial charge in [-0.25, -0.2) is 4.79 Å². The Bertz CT molecular complexity index is 474. The zero-order valence-corrected chi connectivity index (χ0v) is 13.8. The molecule has 5 nitrogen and oxygen atoms in total. The summed E-state index contributed by atoms with van der Waals surface area (Å²) in [5.74, 6) is -0.308. The highest BCUT2D eigenvalue weighted by Crippen LogP contribution is 2.17. The number of benzene rings is 1. The number of amides is 1. The number of rotatable bonds is 8. The molecule has 0 spiro atoms. The standard InChI is InChI=1S/C15H20BrNO4/c1-3-12(4-2)17-14(18)9-21-15(19)10-20-13-7-5-6-11(16)8-13/h5-8,12H,3-4,9-10H2,1-2H3,(H,17,18). The van der Waals surface area contributed by atoms with Crippen molar-refractivity contribution in [1.29, 1.82) is 0 Å². The SMILES string of the molecule is CCC(CC)NC(=O)COC(=O)COc1cccc(Br)c1. The van der Waals surface area contributed by atoms with Crippen LogP contribution in [0.15, 0.2) is 28.7 Å². The van der Waals surface area contributed by atoms with Crippen LogP contribution in [0, 0.1) is 0 Å². The van der Waals surface area contributed by atoms with Gasteiger partial charge in [0.1, 0.15) is 5.75 Å². The highest BCUT2D eigenvalue weighted by molar-refractivity contribution is 9.10. The predicted octanol–water partition coefficient (Wildman–Crippen LogP) is 2.68. The Morgan fingerprint density at radius 2 is 1.95 bits per heavy atom. The Morgan fingerprint density at radius 3 is 2.57 bits per heavy atom. The van der Waals surface area contributed by atoms with Crippen LogP contribution in [0.2, 0.25) is 0 Å². The molecule has 1 aromatic carbocycles. The van der Waals surface area contributed by atoms with Gasteiger partial charge in [-0.2, -0.15) is 0 Å². The molecule has 0 radical (unpaired) electrons. The van der Waals surface area contributed by atoms with Crippen molar-refractivity contribution in [2.75, 3.05) is 13.2 Å². The van der Waals surface area contributed by atoms with E-state index in [9.17, 15) is 9.59 Å². The van der Waals surface area contributed by atoms with Crippen LogP contribution in [0.1, 0.15) is 26.7 Å². The minimum atomic E-state index is -0.574. The van der Waals surface area contributed by atoms with Crippen molar-refractivity contribution in [2.45, 2.75) is 32.7 Å². The van der Waals surface area contributed by atoms with E-state index in [0.29, 0.717) is 5.75 Å². The molecule has 0 aliphatic carbocycles. The molecule has 0 saturated carbocycles. The summed E-state index contributed by atoms with van der Waals surface area (Å²) in [4.78, 5) is 23.1. The Labute approximate surface area is 133 Å². The Kier molecular flexibility index (Phi) is 7.82. The van der Waals surface area contributed by atoms with Crippen LogP contribution >= 0.6 is 15.9 Å². The second-order valence-corrected chi connectivity index (χ2v) is 5.40. The third kappa shape index (κ3) is 7.13. The van der Waals surface area contributed by atoms with E-state index < -0.39 is 5.97 Å². The minimum Gasteiger partial charge on any atom is -0.482 e. The lowest BCUT2D eigenvalue weighted by atomic mass is 10.2. The first kappa shape index (κ1) is 17.5. The van der Waals surface area contributed by atoms with E-state index in [1.807, 2.05) is 19.9 Å². The van der Waals surface area contributed by atoms with Crippen LogP contribution < -0.4 is 10.1 Å². The maximum Gasteiger partial charge on any atom is 0.344 e. The first-order valence-corrected chi connectivity index (χ1v) is 7.67. The lowest BCUT2D eigenvalue weighted by molar-refractivity contribution is -0.150. The molecular formula is C15H20BrNO4. The molecule has 0 unspecified atom stereocenters. The molecule has 0 fully saturated rings. The molecule has 0 bridgehead atoms. The molecule has 0 atom stereocenters. The molecular weight excluding hydrogens is 338 g/mol. The third-order valence-corrected chi connectivity index (χ3v) is 3.36. The van der Waals surface area contributed by atoms with Crippen LogP contribution in [0.25, 0.3) is 0 Å². The molecule has 1 aromatic rings. The molecule has 1 amide bonds. The lowest BCUT2D eigenvalue weighted by Gasteiger charge is -2.14. The van der Waals surface area contributed by atoms with Gasteiger partial charge in [-0.15, -0.1) is 0 Å². The van der Waals surface area contributed by atoms with Gasteiger partial charge < -0.3 is 14.8 Å². The number of esters is 1. The van der Waals surface area contributed by atoms with Gasteiger partial charge in [-0.3, -0.25) is 4.79 Å². The van der Waals surface area contributed by atoms with Crippen LogP contribution in [-0.4, -0.2) is 31.1 Å². The quantitative estimate of drug-likeness (QED) is 0.726. The van der Waals surface area contributed by atoms with Crippen LogP contribution in [0.4, 0.5) is 0 Å². The molecule has 116 valence electrons. The average Bonchev–Trinajstić information content (AvgIpc) is 2.48. The molecule has 0 heterocycles. The van der Waals surface area contributed by atoms with Crippen molar-refractivity contribution in [1.82, 2.24) is 5.32 Å². The smallest absolute Gasteiger partial charge is 0.344 e. The van der Waals surface area contributed by atoms with Crippen LogP contribution in [-0.2, 0) is 14.3 Å². The Balaban J connectivity index is 2.26. The van der Waals surface area contributed by atoms with Crippen molar-refractivity contribution in [3.8, 4) is 5.75 Å². The van der Waals surface area contributed by atoms with E-state index in [4.69, 9.17) is 9.47 Å². The summed E-state index contributed by atoms with van der Waals surface area (Å²) in [5, 5.41) is 2.79. The predicted molar refractivity (Wildman–Crippen MR) is 83.1 cm³/mol. The monoisotopic (exact) mass is 357 g/mol. The van der Waals surface area contributed by atoms with Crippen molar-refractivity contribution in [3.05, 3.63) is 28.7 Å². The van der Waals surface area contributed by atoms with Gasteiger partial charge in [0.2, 0.25) is 0 Å². The van der Waals surface area contributed by atoms with E-state index in [-0.39, 0.29) is 25.2 Å². The zero-order valence-electron chi connectivity index (χ0n) is 12.2. The summed E-state index contributed by atoms with van der Waals surface area (Å²) in [6, 6.07) is 7.25. The lowest BCUT2D eigenvalue weighted by Crippen LogP contribution is -2.37. The molecule has 0 aliphatic heterocycles. The maximum atomic E-state index is 11.6. The molecule has 21 heavy (non-hydrogen) atoms. The number of halogens is 1. The second-order valence-electron chi connectivity index (χ2n) is 4.49. The Morgan fingerprint density at radius 1 is 1.24 bits per heavy atom. The number of ether oxygens (including phenoxy) is 2. The molecule has 0 aliphatic rings. The van der Waals surface area contributed by atoms with Gasteiger partial charge in [0.25, 0.3) is 5.91 Å². The number of carbonyl (C=O) groups is 2. The maximum absolute atomic E-state index is 11.6. The summed E-state index contributed by atoms with van der Waals surface area (Å²) >= 11 is 3.31. The highest BCUT2D eigenvalue weighted by Gasteiger charge is 2.11. The first-order chi connectivity index (χ1) is 10.0. The number of nitrogens with one attached hydrogen (secondary N) is 1. The van der Waals surface area contributed by atoms with E-state index >= 15 is 0 Å². The van der Waals surface area contributed by atoms with Crippen molar-refractivity contribution >= 4 is 27.8 Å². The number of hydrogen-bond acceptors (Lipinski definition) is 4. The van der Waals surface area contributed by atoms with Gasteiger partial charge in [-0.05, 0) is 31.0 Å². The number of hydrogen-bond donors (Lipinski definition) is 1. The van der Waals surface area contributed by atoms with Gasteiger partial charge in [-0.1, -0.05) is 35.8 Å². The summed E-state index contributed by atoms with van der Waals surface area (Å²) in [6.45, 7) is 3.48. The van der Waals surface area contributed by atoms with E-state index in [1.54, 1.807) is 18.2 Å². The van der Waals surface area contributed by atoms with E-state index in [2.05, 4.69) is 21.2 Å². The van der Waals surface area contributed by atoms with Gasteiger partial charge in [0.15, 0.2) is 13.2 Å². The summed E-state index contributed by atoms with van der Waals surface area (Å²) in [6.07, 6.45) is 1.70. The van der Waals surface area contributed by atoms with Gasteiger partial charge >= 0.3 is 5.97 Å². The number of carbonyl (C=O) groups excluding carboxylic acids is 2. The molecule has 1 N–H and O–H groups in total. The fourth-order valence-corrected chi connectivity index (χ4v) is 2.03. The fraction of sp³-hybridized carbons (Fsp3) is 0.467. The van der Waals surface area contributed by atoms with Crippen LogP contribution in [0.5, 0.6) is 5.75 Å². The molecule has 0 saturated heterocycles. The highest BCUT2D eigenvalue weighted by atomic mass is 79.9. The van der Waals surface area contributed by atoms with Gasteiger partial charge in [0, 0.05) is 10.5 Å². The minimum absolute atomic E-state index is 0.120. The van der Waals surface area contributed by atoms with E-state index in [1.165, 1.54) is 0 Å². The normalized spacial score (nSPS) is 10.3. The third-order valence-electron chi connectivity index (χ3n) is 2.87. The summed E-state index contributed by atoms with van der Waals surface area (Å²) < 4.78 is 11.0. The molecule has 6 heteroatoms.